The van der Waals surface area contributed by atoms with Gasteiger partial charge in [-0.15, -0.1) is 0 Å². The van der Waals surface area contributed by atoms with Gasteiger partial charge in [0.05, 0.1) is 5.92 Å². The molecule has 4 nitrogen and oxygen atoms in total. The normalized spacial score (nSPS) is 35.1. The van der Waals surface area contributed by atoms with Crippen LogP contribution < -0.4 is 0 Å². The van der Waals surface area contributed by atoms with Crippen molar-refractivity contribution in [2.24, 2.45) is 16.9 Å². The molecular weight excluding hydrogens is 261 g/mol. The van der Waals surface area contributed by atoms with Gasteiger partial charge >= 0.3 is 6.18 Å². The number of halogens is 3. The monoisotopic (exact) mass is 276 g/mol. The molecule has 0 radical (unpaired) electrons. The average Bonchev–Trinajstić information content (AvgIpc) is 3.13. The maximum absolute atomic E-state index is 13.3. The minimum atomic E-state index is -4.88. The van der Waals surface area contributed by atoms with Gasteiger partial charge in [0.2, 0.25) is 5.91 Å². The van der Waals surface area contributed by atoms with Gasteiger partial charge in [0.1, 0.15) is 0 Å². The molecular formula is C12H15F3N2O2. The van der Waals surface area contributed by atoms with Gasteiger partial charge in [-0.1, -0.05) is 6.42 Å². The molecule has 3 rings (SSSR count). The Hall–Kier alpha value is -1.11. The number of carbonyl (C=O) groups excluding carboxylic acids is 1. The van der Waals surface area contributed by atoms with Crippen LogP contribution in [0.3, 0.4) is 0 Å². The van der Waals surface area contributed by atoms with Crippen molar-refractivity contribution in [2.75, 3.05) is 0 Å². The summed E-state index contributed by atoms with van der Waals surface area (Å²) in [7, 11) is 0. The predicted octanol–water partition coefficient (Wildman–Crippen LogP) is 2.04. The molecule has 0 saturated heterocycles. The molecule has 2 atom stereocenters. The highest BCUT2D eigenvalue weighted by Gasteiger charge is 2.69. The van der Waals surface area contributed by atoms with Crippen LogP contribution in [-0.4, -0.2) is 33.6 Å². The summed E-state index contributed by atoms with van der Waals surface area (Å²) in [5, 5.41) is 14.3. The van der Waals surface area contributed by atoms with Gasteiger partial charge in [-0.2, -0.15) is 23.3 Å². The smallest absolute Gasteiger partial charge is 0.362 e. The minimum absolute atomic E-state index is 0.225. The number of aliphatic hydroxyl groups is 1. The summed E-state index contributed by atoms with van der Waals surface area (Å²) in [5.41, 5.74) is -2.82. The number of nitrogens with zero attached hydrogens (tertiary/aromatic N) is 2. The Balaban J connectivity index is 1.99. The molecule has 0 spiro atoms. The summed E-state index contributed by atoms with van der Waals surface area (Å²) in [6.07, 6.45) is -1.69. The zero-order valence-corrected chi connectivity index (χ0v) is 10.3. The largest absolute Gasteiger partial charge is 0.439 e. The molecule has 0 bridgehead atoms. The summed E-state index contributed by atoms with van der Waals surface area (Å²) in [4.78, 5) is 12.0. The average molecular weight is 276 g/mol. The van der Waals surface area contributed by atoms with E-state index in [2.05, 4.69) is 5.10 Å². The number of fused-ring (bicyclic) bond motifs is 1. The van der Waals surface area contributed by atoms with E-state index < -0.39 is 29.6 Å². The van der Waals surface area contributed by atoms with Gasteiger partial charge in [0.15, 0.2) is 0 Å². The Labute approximate surface area is 108 Å². The van der Waals surface area contributed by atoms with E-state index in [4.69, 9.17) is 0 Å². The molecule has 0 unspecified atom stereocenters. The predicted molar refractivity (Wildman–Crippen MR) is 60.0 cm³/mol. The van der Waals surface area contributed by atoms with Crippen LogP contribution in [0.1, 0.15) is 38.5 Å². The van der Waals surface area contributed by atoms with Crippen LogP contribution in [0.4, 0.5) is 13.2 Å². The SMILES string of the molecule is O=C(C1CC1)N1N=C2CCCC[C@H]2[C@]1(O)C(F)(F)F. The van der Waals surface area contributed by atoms with E-state index in [0.717, 1.165) is 6.42 Å². The van der Waals surface area contributed by atoms with Crippen LogP contribution in [0.2, 0.25) is 0 Å². The third-order valence-electron chi connectivity index (χ3n) is 4.17. The Kier molecular flexibility index (Phi) is 2.68. The quantitative estimate of drug-likeness (QED) is 0.796. The molecule has 3 aliphatic rings. The van der Waals surface area contributed by atoms with Gasteiger partial charge < -0.3 is 5.11 Å². The first-order valence-corrected chi connectivity index (χ1v) is 6.56. The lowest BCUT2D eigenvalue weighted by atomic mass is 9.80. The lowest BCUT2D eigenvalue weighted by molar-refractivity contribution is -0.317. The van der Waals surface area contributed by atoms with Crippen LogP contribution >= 0.6 is 0 Å². The maximum Gasteiger partial charge on any atom is 0.439 e. The van der Waals surface area contributed by atoms with E-state index in [1.165, 1.54) is 0 Å². The Bertz CT molecular complexity index is 445. The van der Waals surface area contributed by atoms with E-state index in [1.54, 1.807) is 0 Å². The number of hydrogen-bond donors (Lipinski definition) is 1. The first-order chi connectivity index (χ1) is 8.85. The number of carbonyl (C=O) groups is 1. The fourth-order valence-electron chi connectivity index (χ4n) is 2.94. The second kappa shape index (κ2) is 3.94. The lowest BCUT2D eigenvalue weighted by Crippen LogP contribution is -2.61. The summed E-state index contributed by atoms with van der Waals surface area (Å²) in [5.74, 6) is -2.19. The lowest BCUT2D eigenvalue weighted by Gasteiger charge is -2.38. The molecule has 7 heteroatoms. The highest BCUT2D eigenvalue weighted by molar-refractivity contribution is 5.94. The van der Waals surface area contributed by atoms with Gasteiger partial charge in [0, 0.05) is 11.6 Å². The number of alkyl halides is 3. The molecule has 0 aromatic carbocycles. The summed E-state index contributed by atoms with van der Waals surface area (Å²) < 4.78 is 39.9. The molecule has 2 aliphatic carbocycles. The van der Waals surface area contributed by atoms with Crippen LogP contribution in [0.25, 0.3) is 0 Å². The van der Waals surface area contributed by atoms with Crippen LogP contribution in [0.5, 0.6) is 0 Å². The van der Waals surface area contributed by atoms with Crippen molar-refractivity contribution in [3.63, 3.8) is 0 Å². The molecule has 1 heterocycles. The zero-order chi connectivity index (χ0) is 13.8. The van der Waals surface area contributed by atoms with Crippen LogP contribution in [0, 0.1) is 11.8 Å². The number of rotatable bonds is 1. The third-order valence-corrected chi connectivity index (χ3v) is 4.17. The topological polar surface area (TPSA) is 52.9 Å². The Morgan fingerprint density at radius 3 is 2.58 bits per heavy atom. The third kappa shape index (κ3) is 1.78. The van der Waals surface area contributed by atoms with Crippen molar-refractivity contribution in [1.29, 1.82) is 0 Å². The van der Waals surface area contributed by atoms with Gasteiger partial charge in [-0.25, -0.2) is 0 Å². The standard InChI is InChI=1S/C12H15F3N2O2/c13-12(14,15)11(19)8-3-1-2-4-9(8)16-17(11)10(18)7-5-6-7/h7-8,19H,1-6H2/t8-,11+/m1/s1. The Morgan fingerprint density at radius 2 is 2.00 bits per heavy atom. The van der Waals surface area contributed by atoms with E-state index in [9.17, 15) is 23.1 Å². The van der Waals surface area contributed by atoms with Crippen molar-refractivity contribution < 1.29 is 23.1 Å². The van der Waals surface area contributed by atoms with E-state index in [-0.39, 0.29) is 6.42 Å². The molecule has 19 heavy (non-hydrogen) atoms. The van der Waals surface area contributed by atoms with Crippen LogP contribution in [0.15, 0.2) is 5.10 Å². The van der Waals surface area contributed by atoms with Crippen molar-refractivity contribution in [3.8, 4) is 0 Å². The molecule has 2 saturated carbocycles. The summed E-state index contributed by atoms with van der Waals surface area (Å²) in [6, 6.07) is 0. The second-order valence-electron chi connectivity index (χ2n) is 5.54. The molecule has 1 N–H and O–H groups in total. The van der Waals surface area contributed by atoms with E-state index >= 15 is 0 Å². The number of amides is 1. The first kappa shape index (κ1) is 12.9. The van der Waals surface area contributed by atoms with Crippen molar-refractivity contribution in [2.45, 2.75) is 50.4 Å². The second-order valence-corrected chi connectivity index (χ2v) is 5.54. The molecule has 106 valence electrons. The van der Waals surface area contributed by atoms with Crippen molar-refractivity contribution in [1.82, 2.24) is 5.01 Å². The van der Waals surface area contributed by atoms with Crippen LogP contribution in [-0.2, 0) is 4.79 Å². The molecule has 0 aromatic heterocycles. The molecule has 0 aromatic rings. The number of hydrogen-bond acceptors (Lipinski definition) is 3. The van der Waals surface area contributed by atoms with E-state index in [0.29, 0.717) is 36.4 Å². The fraction of sp³-hybridized carbons (Fsp3) is 0.833. The minimum Gasteiger partial charge on any atom is -0.362 e. The van der Waals surface area contributed by atoms with Crippen molar-refractivity contribution >= 4 is 11.6 Å². The molecule has 1 amide bonds. The van der Waals surface area contributed by atoms with E-state index in [1.807, 2.05) is 0 Å². The number of hydrazone groups is 1. The van der Waals surface area contributed by atoms with Gasteiger partial charge in [-0.3, -0.25) is 4.79 Å². The van der Waals surface area contributed by atoms with Crippen molar-refractivity contribution in [3.05, 3.63) is 0 Å². The first-order valence-electron chi connectivity index (χ1n) is 6.56. The maximum atomic E-state index is 13.3. The fourth-order valence-corrected chi connectivity index (χ4v) is 2.94. The summed E-state index contributed by atoms with van der Waals surface area (Å²) >= 11 is 0. The highest BCUT2D eigenvalue weighted by atomic mass is 19.4. The highest BCUT2D eigenvalue weighted by Crippen LogP contribution is 2.49. The van der Waals surface area contributed by atoms with Gasteiger partial charge in [-0.05, 0) is 32.1 Å². The molecule has 1 aliphatic heterocycles. The summed E-state index contributed by atoms with van der Waals surface area (Å²) in [6.45, 7) is 0. The Morgan fingerprint density at radius 1 is 1.32 bits per heavy atom. The zero-order valence-electron chi connectivity index (χ0n) is 10.3. The van der Waals surface area contributed by atoms with Gasteiger partial charge in [0.25, 0.3) is 5.72 Å². The molecule has 2 fully saturated rings.